The first-order valence-electron chi connectivity index (χ1n) is 15.4. The predicted octanol–water partition coefficient (Wildman–Crippen LogP) is 1.93. The van der Waals surface area contributed by atoms with E-state index in [0.717, 1.165) is 77.0 Å². The number of unbranched alkanes of at least 4 members (excludes halogenated alkanes) is 10. The Morgan fingerprint density at radius 3 is 1.51 bits per heavy atom. The average Bonchev–Trinajstić information content (AvgIpc) is 2.82. The fraction of sp³-hybridized carbons (Fsp3) is 0.931. The van der Waals surface area contributed by atoms with E-state index in [0.29, 0.717) is 64.6 Å². The molecule has 1 atom stereocenters. The molecule has 10 nitrogen and oxygen atoms in total. The van der Waals surface area contributed by atoms with Crippen LogP contribution in [0.4, 0.5) is 0 Å². The summed E-state index contributed by atoms with van der Waals surface area (Å²) in [6.07, 6.45) is 14.5. The van der Waals surface area contributed by atoms with Crippen molar-refractivity contribution in [1.29, 1.82) is 0 Å². The molecule has 0 rings (SSSR count). The second-order valence-corrected chi connectivity index (χ2v) is 14.1. The number of carbonyl (C=O) groups excluding carboxylic acids is 2. The van der Waals surface area contributed by atoms with Crippen LogP contribution in [0.2, 0.25) is 0 Å². The molecule has 1 unspecified atom stereocenters. The quantitative estimate of drug-likeness (QED) is 0.0420. The summed E-state index contributed by atoms with van der Waals surface area (Å²) in [7, 11) is 2.54. The summed E-state index contributed by atoms with van der Waals surface area (Å²) in [6.45, 7) is 1.78. The van der Waals surface area contributed by atoms with Crippen molar-refractivity contribution in [3.05, 3.63) is 0 Å². The van der Waals surface area contributed by atoms with Crippen LogP contribution in [0.3, 0.4) is 0 Å². The summed E-state index contributed by atoms with van der Waals surface area (Å²) in [5, 5.41) is 21.3. The molecule has 0 aliphatic carbocycles. The predicted molar refractivity (Wildman–Crippen MR) is 157 cm³/mol. The number of nitrogens with zero attached hydrogens (tertiary/aromatic N) is 2. The van der Waals surface area contributed by atoms with Crippen LogP contribution in [0.25, 0.3) is 0 Å². The maximum absolute atomic E-state index is 12.0. The number of ketones is 1. The molecule has 0 saturated heterocycles. The summed E-state index contributed by atoms with van der Waals surface area (Å²) in [5.41, 5.74) is 0. The van der Waals surface area contributed by atoms with E-state index in [-0.39, 0.29) is 50.5 Å². The van der Waals surface area contributed by atoms with Crippen LogP contribution in [0.1, 0.15) is 122 Å². The molecule has 0 radical (unpaired) electrons. The Labute approximate surface area is 272 Å². The van der Waals surface area contributed by atoms with Gasteiger partial charge in [-0.1, -0.05) is 57.8 Å². The number of quaternary nitrogens is 2. The standard InChI is InChI=1S/C29H59N3O7S.Na/c1-31(2,35)25-17-16-20-27(33)19-12-8-5-6-9-13-21-28(40(37,38)39)22-14-10-7-11-15-23-29(34)30-24-18-26-32(3,4)36;/h28,35-36H,5-26H2,1-4H3;/q;+1/p+1. The zero-order chi connectivity index (χ0) is 30.5. The number of amides is 1. The zero-order valence-corrected chi connectivity index (χ0v) is 29.7. The van der Waals surface area contributed by atoms with Crippen molar-refractivity contribution < 1.29 is 71.8 Å². The van der Waals surface area contributed by atoms with Crippen molar-refractivity contribution in [1.82, 2.24) is 5.32 Å². The normalized spacial score (nSPS) is 13.0. The Morgan fingerprint density at radius 1 is 0.659 bits per heavy atom. The molecule has 3 N–H and O–H groups in total. The first-order valence-corrected chi connectivity index (χ1v) is 16.9. The third-order valence-electron chi connectivity index (χ3n) is 7.19. The Morgan fingerprint density at radius 2 is 1.05 bits per heavy atom. The SMILES string of the molecule is C[N+](C)(O)CCCCC(=O)CCCCCCCCC(CCCCCCCC(=O)NCCC[N+](C)(C)O)S(=O)(=O)[O-].[Na+]. The molecule has 41 heavy (non-hydrogen) atoms. The third-order valence-corrected chi connectivity index (χ3v) is 8.47. The summed E-state index contributed by atoms with van der Waals surface area (Å²) in [6, 6.07) is 0. The van der Waals surface area contributed by atoms with Crippen LogP contribution in [0.5, 0.6) is 0 Å². The van der Waals surface area contributed by atoms with E-state index in [1.807, 2.05) is 0 Å². The van der Waals surface area contributed by atoms with Gasteiger partial charge in [-0.3, -0.25) is 9.59 Å². The van der Waals surface area contributed by atoms with Crippen LogP contribution in [-0.2, 0) is 19.7 Å². The molecular formula is C29H60N3NaO7S+2. The smallest absolute Gasteiger partial charge is 0.748 e. The minimum absolute atomic E-state index is 0. The van der Waals surface area contributed by atoms with Crippen LogP contribution >= 0.6 is 0 Å². The Kier molecular flexibility index (Phi) is 25.4. The molecule has 0 heterocycles. The number of hydrogen-bond donors (Lipinski definition) is 3. The molecule has 0 spiro atoms. The van der Waals surface area contributed by atoms with E-state index in [9.17, 15) is 33.0 Å². The first-order chi connectivity index (χ1) is 18.6. The minimum atomic E-state index is -4.30. The second kappa shape index (κ2) is 24.2. The van der Waals surface area contributed by atoms with Gasteiger partial charge in [-0.25, -0.2) is 18.8 Å². The second-order valence-electron chi connectivity index (χ2n) is 12.5. The van der Waals surface area contributed by atoms with E-state index >= 15 is 0 Å². The van der Waals surface area contributed by atoms with Crippen LogP contribution in [0.15, 0.2) is 0 Å². The van der Waals surface area contributed by atoms with Crippen LogP contribution < -0.4 is 34.9 Å². The van der Waals surface area contributed by atoms with Crippen molar-refractivity contribution in [2.45, 2.75) is 127 Å². The monoisotopic (exact) mass is 617 g/mol. The number of nitrogens with one attached hydrogen (secondary N) is 1. The van der Waals surface area contributed by atoms with Gasteiger partial charge in [-0.2, -0.15) is 9.29 Å². The molecule has 0 aromatic heterocycles. The molecular weight excluding hydrogens is 557 g/mol. The van der Waals surface area contributed by atoms with Gasteiger partial charge in [0, 0.05) is 37.5 Å². The molecule has 0 aliphatic heterocycles. The maximum Gasteiger partial charge on any atom is 1.00 e. The van der Waals surface area contributed by atoms with Gasteiger partial charge >= 0.3 is 29.6 Å². The summed E-state index contributed by atoms with van der Waals surface area (Å²) >= 11 is 0. The minimum Gasteiger partial charge on any atom is -0.748 e. The van der Waals surface area contributed by atoms with Gasteiger partial charge in [-0.15, -0.1) is 0 Å². The fourth-order valence-electron chi connectivity index (χ4n) is 4.75. The van der Waals surface area contributed by atoms with Crippen molar-refractivity contribution in [2.75, 3.05) is 47.8 Å². The number of hydroxylamine groups is 6. The summed E-state index contributed by atoms with van der Waals surface area (Å²) < 4.78 is 34.9. The first kappa shape index (κ1) is 43.0. The molecule has 0 aromatic rings. The van der Waals surface area contributed by atoms with E-state index in [2.05, 4.69) is 5.32 Å². The van der Waals surface area contributed by atoms with E-state index in [1.165, 1.54) is 0 Å². The number of Topliss-reactive ketones (excluding diaryl/α,β-unsaturated/α-hetero) is 1. The van der Waals surface area contributed by atoms with Gasteiger partial charge in [0.05, 0.1) is 38.3 Å². The van der Waals surface area contributed by atoms with Crippen LogP contribution in [-0.4, -0.2) is 97.4 Å². The largest absolute Gasteiger partial charge is 1.00 e. The maximum atomic E-state index is 12.0. The molecule has 0 saturated carbocycles. The zero-order valence-electron chi connectivity index (χ0n) is 26.9. The van der Waals surface area contributed by atoms with Gasteiger partial charge in [0.15, 0.2) is 0 Å². The van der Waals surface area contributed by atoms with E-state index in [4.69, 9.17) is 0 Å². The van der Waals surface area contributed by atoms with Crippen molar-refractivity contribution in [3.63, 3.8) is 0 Å². The summed E-state index contributed by atoms with van der Waals surface area (Å²) in [4.78, 5) is 23.8. The topological polar surface area (TPSA) is 144 Å². The van der Waals surface area contributed by atoms with Crippen molar-refractivity contribution >= 4 is 21.8 Å². The number of carbonyl (C=O) groups is 2. The third kappa shape index (κ3) is 31.1. The van der Waals surface area contributed by atoms with Crippen molar-refractivity contribution in [2.24, 2.45) is 0 Å². The number of rotatable bonds is 27. The van der Waals surface area contributed by atoms with Gasteiger partial charge in [0.2, 0.25) is 5.91 Å². The molecule has 238 valence electrons. The van der Waals surface area contributed by atoms with Gasteiger partial charge in [-0.05, 0) is 38.5 Å². The molecule has 0 fully saturated rings. The van der Waals surface area contributed by atoms with Gasteiger partial charge in [0.1, 0.15) is 18.9 Å². The van der Waals surface area contributed by atoms with Crippen molar-refractivity contribution in [3.8, 4) is 0 Å². The van der Waals surface area contributed by atoms with E-state index in [1.54, 1.807) is 28.2 Å². The fourth-order valence-corrected chi connectivity index (χ4v) is 5.66. The Bertz CT molecular complexity index is 784. The van der Waals surface area contributed by atoms with Crippen LogP contribution in [0, 0.1) is 0 Å². The number of hydrogen-bond acceptors (Lipinski definition) is 7. The molecule has 0 aromatic carbocycles. The van der Waals surface area contributed by atoms with E-state index < -0.39 is 15.4 Å². The molecule has 12 heteroatoms. The molecule has 1 amide bonds. The average molecular weight is 618 g/mol. The summed E-state index contributed by atoms with van der Waals surface area (Å²) in [5.74, 6) is 0.301. The van der Waals surface area contributed by atoms with Gasteiger partial charge < -0.3 is 9.87 Å². The Balaban J connectivity index is 0. The van der Waals surface area contributed by atoms with Gasteiger partial charge in [0.25, 0.3) is 0 Å². The molecule has 0 aliphatic rings. The Hall–Kier alpha value is -0.110. The molecule has 0 bridgehead atoms.